The average molecular weight is 390 g/mol. The number of aromatic amines is 1. The molecule has 0 saturated carbocycles. The molecular weight excluding hydrogens is 364 g/mol. The number of aryl methyl sites for hydroxylation is 1. The Labute approximate surface area is 169 Å². The van der Waals surface area contributed by atoms with E-state index in [9.17, 15) is 4.79 Å². The molecule has 150 valence electrons. The molecule has 2 aliphatic rings. The fourth-order valence-corrected chi connectivity index (χ4v) is 4.56. The molecule has 1 saturated heterocycles. The minimum Gasteiger partial charge on any atom is -0.297 e. The van der Waals surface area contributed by atoms with Gasteiger partial charge in [-0.15, -0.1) is 0 Å². The Bertz CT molecular complexity index is 1030. The smallest absolute Gasteiger partial charge is 0.266 e. The number of aromatic nitrogens is 5. The van der Waals surface area contributed by atoms with Crippen molar-refractivity contribution in [3.05, 3.63) is 64.0 Å². The van der Waals surface area contributed by atoms with Gasteiger partial charge in [0.25, 0.3) is 5.56 Å². The van der Waals surface area contributed by atoms with Gasteiger partial charge in [0.05, 0.1) is 11.4 Å². The van der Waals surface area contributed by atoms with E-state index in [0.29, 0.717) is 12.5 Å². The molecule has 0 unspecified atom stereocenters. The first-order valence-electron chi connectivity index (χ1n) is 10.5. The van der Waals surface area contributed by atoms with Crippen molar-refractivity contribution in [3.8, 4) is 11.3 Å². The maximum absolute atomic E-state index is 12.3. The Kier molecular flexibility index (Phi) is 4.97. The van der Waals surface area contributed by atoms with Crippen molar-refractivity contribution in [2.75, 3.05) is 13.1 Å². The number of piperidine rings is 1. The summed E-state index contributed by atoms with van der Waals surface area (Å²) in [6, 6.07) is 7.25. The van der Waals surface area contributed by atoms with Gasteiger partial charge in [-0.1, -0.05) is 0 Å². The number of rotatable bonds is 5. The van der Waals surface area contributed by atoms with Crippen LogP contribution in [0.2, 0.25) is 0 Å². The second kappa shape index (κ2) is 7.91. The first-order chi connectivity index (χ1) is 14.3. The van der Waals surface area contributed by atoms with Gasteiger partial charge in [0, 0.05) is 42.8 Å². The lowest BCUT2D eigenvalue weighted by molar-refractivity contribution is 0.162. The Morgan fingerprint density at radius 1 is 1.07 bits per heavy atom. The minimum atomic E-state index is -0.0303. The monoisotopic (exact) mass is 390 g/mol. The summed E-state index contributed by atoms with van der Waals surface area (Å²) in [7, 11) is 0. The van der Waals surface area contributed by atoms with E-state index < -0.39 is 0 Å². The first kappa shape index (κ1) is 18.2. The highest BCUT2D eigenvalue weighted by Gasteiger charge is 2.24. The van der Waals surface area contributed by atoms with Crippen LogP contribution in [0.5, 0.6) is 0 Å². The van der Waals surface area contributed by atoms with Crippen LogP contribution < -0.4 is 5.56 Å². The van der Waals surface area contributed by atoms with Gasteiger partial charge in [0.2, 0.25) is 0 Å². The Morgan fingerprint density at radius 2 is 1.90 bits per heavy atom. The van der Waals surface area contributed by atoms with Crippen LogP contribution in [0.4, 0.5) is 0 Å². The van der Waals surface area contributed by atoms with Gasteiger partial charge in [-0.05, 0) is 74.9 Å². The molecule has 7 heteroatoms. The summed E-state index contributed by atoms with van der Waals surface area (Å²) in [6.07, 6.45) is 9.22. The van der Waals surface area contributed by atoms with Crippen molar-refractivity contribution in [1.29, 1.82) is 0 Å². The molecule has 1 aliphatic heterocycles. The molecule has 0 radical (unpaired) electrons. The van der Waals surface area contributed by atoms with E-state index in [1.165, 1.54) is 29.8 Å². The number of fused-ring (bicyclic) bond motifs is 1. The maximum Gasteiger partial charge on any atom is 0.266 e. The van der Waals surface area contributed by atoms with Crippen molar-refractivity contribution >= 4 is 0 Å². The fraction of sp³-hybridized carbons (Fsp3) is 0.455. The first-order valence-corrected chi connectivity index (χ1v) is 10.5. The third-order valence-corrected chi connectivity index (χ3v) is 6.25. The van der Waals surface area contributed by atoms with Crippen LogP contribution in [-0.4, -0.2) is 43.0 Å². The van der Waals surface area contributed by atoms with Crippen LogP contribution in [0, 0.1) is 5.92 Å². The summed E-state index contributed by atoms with van der Waals surface area (Å²) in [6.45, 7) is 3.72. The molecule has 4 heterocycles. The van der Waals surface area contributed by atoms with Gasteiger partial charge in [0.1, 0.15) is 0 Å². The molecule has 1 N–H and O–H groups in total. The largest absolute Gasteiger partial charge is 0.297 e. The highest BCUT2D eigenvalue weighted by molar-refractivity contribution is 5.56. The van der Waals surface area contributed by atoms with Crippen molar-refractivity contribution in [2.45, 2.75) is 45.2 Å². The predicted octanol–water partition coefficient (Wildman–Crippen LogP) is 2.43. The molecule has 0 atom stereocenters. The third kappa shape index (κ3) is 3.87. The van der Waals surface area contributed by atoms with E-state index in [1.54, 1.807) is 29.2 Å². The predicted molar refractivity (Wildman–Crippen MR) is 110 cm³/mol. The van der Waals surface area contributed by atoms with Gasteiger partial charge in [-0.3, -0.25) is 19.8 Å². The number of pyridine rings is 1. The molecule has 0 amide bonds. The molecule has 1 aliphatic carbocycles. The molecule has 29 heavy (non-hydrogen) atoms. The molecular formula is C22H26N6O. The molecule has 3 aromatic heterocycles. The van der Waals surface area contributed by atoms with Crippen LogP contribution in [0.25, 0.3) is 11.3 Å². The van der Waals surface area contributed by atoms with Gasteiger partial charge >= 0.3 is 0 Å². The topological polar surface area (TPSA) is 79.7 Å². The Balaban J connectivity index is 1.21. The van der Waals surface area contributed by atoms with Crippen LogP contribution >= 0.6 is 0 Å². The molecule has 0 aromatic carbocycles. The fourth-order valence-electron chi connectivity index (χ4n) is 4.56. The number of hydrogen-bond acceptors (Lipinski definition) is 5. The number of H-pyrrole nitrogens is 1. The van der Waals surface area contributed by atoms with E-state index >= 15 is 0 Å². The summed E-state index contributed by atoms with van der Waals surface area (Å²) < 4.78 is 1.64. The van der Waals surface area contributed by atoms with Crippen LogP contribution in [0.3, 0.4) is 0 Å². The number of hydrogen-bond donors (Lipinski definition) is 1. The summed E-state index contributed by atoms with van der Waals surface area (Å²) in [5.74, 6) is 0.481. The third-order valence-electron chi connectivity index (χ3n) is 6.25. The zero-order valence-corrected chi connectivity index (χ0v) is 16.5. The maximum atomic E-state index is 12.3. The lowest BCUT2D eigenvalue weighted by Crippen LogP contribution is -2.36. The molecule has 0 spiro atoms. The zero-order chi connectivity index (χ0) is 19.6. The molecule has 7 nitrogen and oxygen atoms in total. The van der Waals surface area contributed by atoms with Gasteiger partial charge in [0.15, 0.2) is 0 Å². The Morgan fingerprint density at radius 3 is 2.72 bits per heavy atom. The van der Waals surface area contributed by atoms with Crippen molar-refractivity contribution < 1.29 is 0 Å². The molecule has 0 bridgehead atoms. The highest BCUT2D eigenvalue weighted by Crippen LogP contribution is 2.26. The normalized spacial score (nSPS) is 17.5. The SMILES string of the molecule is O=c1ccc(-c2ccncc2)nn1CC1CCN(Cc2n[nH]c3c2CCC3)CC1. The van der Waals surface area contributed by atoms with Gasteiger partial charge in [-0.25, -0.2) is 4.68 Å². The van der Waals surface area contributed by atoms with E-state index in [4.69, 9.17) is 0 Å². The second-order valence-corrected chi connectivity index (χ2v) is 8.18. The zero-order valence-electron chi connectivity index (χ0n) is 16.5. The summed E-state index contributed by atoms with van der Waals surface area (Å²) in [5, 5.41) is 12.4. The number of likely N-dealkylation sites (tertiary alicyclic amines) is 1. The van der Waals surface area contributed by atoms with Crippen molar-refractivity contribution in [1.82, 2.24) is 29.9 Å². The van der Waals surface area contributed by atoms with E-state index in [-0.39, 0.29) is 5.56 Å². The van der Waals surface area contributed by atoms with E-state index in [2.05, 4.69) is 25.2 Å². The molecule has 5 rings (SSSR count). The van der Waals surface area contributed by atoms with Crippen molar-refractivity contribution in [3.63, 3.8) is 0 Å². The van der Waals surface area contributed by atoms with E-state index in [0.717, 1.165) is 50.2 Å². The summed E-state index contributed by atoms with van der Waals surface area (Å²) in [4.78, 5) is 18.9. The lowest BCUT2D eigenvalue weighted by Gasteiger charge is -2.31. The van der Waals surface area contributed by atoms with Crippen LogP contribution in [-0.2, 0) is 25.9 Å². The van der Waals surface area contributed by atoms with E-state index in [1.807, 2.05) is 12.1 Å². The Hall–Kier alpha value is -2.80. The standard InChI is InChI=1S/C22H26N6O/c29-22-5-4-19(17-6-10-23-11-7-17)26-28(22)14-16-8-12-27(13-9-16)15-21-18-2-1-3-20(18)24-25-21/h4-7,10-11,16H,1-3,8-9,12-15H2,(H,24,25). The molecule has 1 fully saturated rings. The number of nitrogens with one attached hydrogen (secondary N) is 1. The van der Waals surface area contributed by atoms with Crippen LogP contribution in [0.1, 0.15) is 36.2 Å². The number of nitrogens with zero attached hydrogens (tertiary/aromatic N) is 5. The van der Waals surface area contributed by atoms with Gasteiger partial charge < -0.3 is 0 Å². The minimum absolute atomic E-state index is 0.0303. The summed E-state index contributed by atoms with van der Waals surface area (Å²) >= 11 is 0. The van der Waals surface area contributed by atoms with Crippen LogP contribution in [0.15, 0.2) is 41.5 Å². The quantitative estimate of drug-likeness (QED) is 0.724. The van der Waals surface area contributed by atoms with Gasteiger partial charge in [-0.2, -0.15) is 10.2 Å². The molecule has 3 aromatic rings. The lowest BCUT2D eigenvalue weighted by atomic mass is 9.96. The van der Waals surface area contributed by atoms with Crippen molar-refractivity contribution in [2.24, 2.45) is 5.92 Å². The average Bonchev–Trinajstić information content (AvgIpc) is 3.37. The highest BCUT2D eigenvalue weighted by atomic mass is 16.1. The summed E-state index contributed by atoms with van der Waals surface area (Å²) in [5.41, 5.74) is 5.80. The second-order valence-electron chi connectivity index (χ2n) is 8.18.